The topological polar surface area (TPSA) is 185 Å². The summed E-state index contributed by atoms with van der Waals surface area (Å²) in [6.45, 7) is 12.0. The highest BCUT2D eigenvalue weighted by Gasteiger charge is 2.30. The minimum Gasteiger partial charge on any atom is -0.465 e. The van der Waals surface area contributed by atoms with Gasteiger partial charge in [0.05, 0.1) is 45.8 Å². The number of rotatable bonds is 41. The summed E-state index contributed by atoms with van der Waals surface area (Å²) in [5, 5.41) is 9.99. The van der Waals surface area contributed by atoms with Crippen LogP contribution in [0.3, 0.4) is 0 Å². The number of unbranched alkanes of at least 4 members (excludes halogenated alkanes) is 15. The van der Waals surface area contributed by atoms with Crippen molar-refractivity contribution in [3.05, 3.63) is 12.2 Å². The number of aliphatic hydroxyl groups excluding tert-OH is 1. The van der Waals surface area contributed by atoms with Gasteiger partial charge in [-0.2, -0.15) is 0 Å². The Labute approximate surface area is 404 Å². The molecule has 1 aliphatic heterocycles. The lowest BCUT2D eigenvalue weighted by Gasteiger charge is -2.27. The van der Waals surface area contributed by atoms with Crippen molar-refractivity contribution >= 4 is 35.9 Å². The number of nitrogens with zero attached hydrogens (tertiary/aromatic N) is 2. The molecule has 388 valence electrons. The van der Waals surface area contributed by atoms with Crippen LogP contribution in [0.15, 0.2) is 12.2 Å². The second-order valence-electron chi connectivity index (χ2n) is 18.2. The van der Waals surface area contributed by atoms with Crippen LogP contribution >= 0.6 is 0 Å². The third-order valence-corrected chi connectivity index (χ3v) is 11.7. The summed E-state index contributed by atoms with van der Waals surface area (Å²) in [4.78, 5) is 81.6. The SMILES string of the molecule is CCCCCCCCC(=O)OCC(CO)CC(=O)O[C@H]1C=C[C@H](OC(=O)CC(COC(=O)CCCCCCCC)COC(=O)CCCCCCCC)CN(C(=O)OCCN(CCC)CCC)C1. The predicted octanol–water partition coefficient (Wildman–Crippen LogP) is 9.83. The van der Waals surface area contributed by atoms with E-state index in [1.807, 2.05) is 0 Å². The molecule has 1 unspecified atom stereocenters. The molecule has 0 spiro atoms. The van der Waals surface area contributed by atoms with E-state index in [9.17, 15) is 33.9 Å². The molecule has 1 rings (SSSR count). The van der Waals surface area contributed by atoms with E-state index >= 15 is 0 Å². The molecule has 1 N–H and O–H groups in total. The van der Waals surface area contributed by atoms with E-state index in [2.05, 4.69) is 39.5 Å². The molecule has 0 aliphatic carbocycles. The second-order valence-corrected chi connectivity index (χ2v) is 18.2. The Morgan fingerprint density at radius 3 is 1.25 bits per heavy atom. The first-order valence-corrected chi connectivity index (χ1v) is 26.3. The number of carbonyl (C=O) groups is 6. The molecule has 3 atom stereocenters. The van der Waals surface area contributed by atoms with Crippen molar-refractivity contribution in [3.8, 4) is 0 Å². The number of esters is 5. The summed E-state index contributed by atoms with van der Waals surface area (Å²) in [5.74, 6) is -3.81. The molecule has 15 nitrogen and oxygen atoms in total. The van der Waals surface area contributed by atoms with Crippen molar-refractivity contribution in [2.75, 3.05) is 65.8 Å². The monoisotopic (exact) mass is 953 g/mol. The average molecular weight is 953 g/mol. The van der Waals surface area contributed by atoms with Gasteiger partial charge in [0.1, 0.15) is 18.8 Å². The van der Waals surface area contributed by atoms with E-state index in [-0.39, 0.29) is 89.5 Å². The highest BCUT2D eigenvalue weighted by molar-refractivity contribution is 5.73. The summed E-state index contributed by atoms with van der Waals surface area (Å²) < 4.78 is 33.9. The number of hydrogen-bond acceptors (Lipinski definition) is 14. The lowest BCUT2D eigenvalue weighted by Crippen LogP contribution is -2.43. The molecule has 1 heterocycles. The minimum absolute atomic E-state index is 0.0917. The van der Waals surface area contributed by atoms with Crippen LogP contribution in [0.5, 0.6) is 0 Å². The van der Waals surface area contributed by atoms with Crippen LogP contribution in [0.2, 0.25) is 0 Å². The van der Waals surface area contributed by atoms with E-state index in [4.69, 9.17) is 28.4 Å². The lowest BCUT2D eigenvalue weighted by atomic mass is 10.1. The van der Waals surface area contributed by atoms with Gasteiger partial charge < -0.3 is 38.4 Å². The first-order chi connectivity index (χ1) is 32.5. The fourth-order valence-corrected chi connectivity index (χ4v) is 7.75. The zero-order chi connectivity index (χ0) is 49.3. The first kappa shape index (κ1) is 61.3. The Kier molecular flexibility index (Phi) is 37.8. The molecule has 0 fully saturated rings. The standard InChI is InChI=1S/C52H92N2O13/c1-6-11-14-17-20-23-26-47(56)63-40-43(39-55)35-50(59)66-45-29-30-46(38-54(37-45)52(61)62-34-33-53(31-9-4)32-10-5)67-51(60)36-44(41-64-48(57)27-24-21-18-15-12-7-2)42-65-49(58)28-25-22-19-16-13-8-3/h29-30,43-46,55H,6-28,31-42H2,1-5H3/t43?,45-,46-/m0/s1. The smallest absolute Gasteiger partial charge is 0.410 e. The Morgan fingerprint density at radius 2 is 0.866 bits per heavy atom. The number of ether oxygens (including phenoxy) is 6. The van der Waals surface area contributed by atoms with Crippen LogP contribution in [0, 0.1) is 11.8 Å². The zero-order valence-electron chi connectivity index (χ0n) is 42.5. The normalized spacial score (nSPS) is 15.3. The van der Waals surface area contributed by atoms with Gasteiger partial charge in [0.25, 0.3) is 0 Å². The third-order valence-electron chi connectivity index (χ3n) is 11.7. The summed E-state index contributed by atoms with van der Waals surface area (Å²) in [6.07, 6.45) is 21.2. The molecule has 1 aliphatic rings. The van der Waals surface area contributed by atoms with E-state index in [1.165, 1.54) is 11.3 Å². The van der Waals surface area contributed by atoms with Crippen molar-refractivity contribution in [1.29, 1.82) is 0 Å². The Bertz CT molecular complexity index is 1320. The van der Waals surface area contributed by atoms with Crippen molar-refractivity contribution in [2.24, 2.45) is 11.8 Å². The van der Waals surface area contributed by atoms with Gasteiger partial charge in [-0.3, -0.25) is 28.9 Å². The second kappa shape index (κ2) is 41.3. The molecule has 67 heavy (non-hydrogen) atoms. The van der Waals surface area contributed by atoms with E-state index in [0.717, 1.165) is 122 Å². The van der Waals surface area contributed by atoms with Crippen LogP contribution in [-0.4, -0.2) is 129 Å². The number of hydrogen-bond donors (Lipinski definition) is 1. The molecular weight excluding hydrogens is 861 g/mol. The van der Waals surface area contributed by atoms with E-state index in [0.29, 0.717) is 19.4 Å². The van der Waals surface area contributed by atoms with Crippen molar-refractivity contribution in [2.45, 2.75) is 207 Å². The molecule has 0 aromatic heterocycles. The zero-order valence-corrected chi connectivity index (χ0v) is 42.5. The fraction of sp³-hybridized carbons (Fsp3) is 0.846. The van der Waals surface area contributed by atoms with Crippen LogP contribution in [0.1, 0.15) is 195 Å². The Morgan fingerprint density at radius 1 is 0.493 bits per heavy atom. The largest absolute Gasteiger partial charge is 0.465 e. The Hall–Kier alpha value is -3.72. The summed E-state index contributed by atoms with van der Waals surface area (Å²) in [6, 6.07) is 0. The minimum atomic E-state index is -0.956. The quantitative estimate of drug-likeness (QED) is 0.0264. The maximum Gasteiger partial charge on any atom is 0.410 e. The number of amides is 1. The molecule has 0 aromatic carbocycles. The first-order valence-electron chi connectivity index (χ1n) is 26.3. The molecular formula is C52H92N2O13. The molecule has 0 aromatic rings. The molecule has 0 bridgehead atoms. The number of carbonyl (C=O) groups excluding carboxylic acids is 6. The summed E-state index contributed by atoms with van der Waals surface area (Å²) in [5.41, 5.74) is 0. The van der Waals surface area contributed by atoms with E-state index < -0.39 is 48.7 Å². The Balaban J connectivity index is 3.04. The molecule has 0 saturated carbocycles. The van der Waals surface area contributed by atoms with Gasteiger partial charge in [-0.15, -0.1) is 0 Å². The van der Waals surface area contributed by atoms with Crippen LogP contribution < -0.4 is 0 Å². The van der Waals surface area contributed by atoms with Gasteiger partial charge in [-0.1, -0.05) is 131 Å². The summed E-state index contributed by atoms with van der Waals surface area (Å²) >= 11 is 0. The van der Waals surface area contributed by atoms with E-state index in [1.54, 1.807) is 12.2 Å². The lowest BCUT2D eigenvalue weighted by molar-refractivity contribution is -0.156. The van der Waals surface area contributed by atoms with Gasteiger partial charge in [0.2, 0.25) is 0 Å². The third kappa shape index (κ3) is 33.4. The molecule has 0 saturated heterocycles. The van der Waals surface area contributed by atoms with Gasteiger partial charge >= 0.3 is 35.9 Å². The summed E-state index contributed by atoms with van der Waals surface area (Å²) in [7, 11) is 0. The molecule has 1 amide bonds. The van der Waals surface area contributed by atoms with Crippen LogP contribution in [0.25, 0.3) is 0 Å². The number of aliphatic hydroxyl groups is 1. The van der Waals surface area contributed by atoms with Gasteiger partial charge in [-0.05, 0) is 57.3 Å². The molecule has 15 heteroatoms. The van der Waals surface area contributed by atoms with Gasteiger partial charge in [-0.25, -0.2) is 4.79 Å². The van der Waals surface area contributed by atoms with Crippen molar-refractivity contribution < 1.29 is 62.3 Å². The molecule has 0 radical (unpaired) electrons. The van der Waals surface area contributed by atoms with Crippen LogP contribution in [-0.2, 0) is 52.4 Å². The van der Waals surface area contributed by atoms with Gasteiger partial charge in [0.15, 0.2) is 0 Å². The van der Waals surface area contributed by atoms with Crippen LogP contribution in [0.4, 0.5) is 4.79 Å². The predicted molar refractivity (Wildman–Crippen MR) is 259 cm³/mol. The fourth-order valence-electron chi connectivity index (χ4n) is 7.75. The average Bonchev–Trinajstić information content (AvgIpc) is 3.50. The van der Waals surface area contributed by atoms with Crippen molar-refractivity contribution in [1.82, 2.24) is 9.80 Å². The van der Waals surface area contributed by atoms with Crippen molar-refractivity contribution in [3.63, 3.8) is 0 Å². The highest BCUT2D eigenvalue weighted by atomic mass is 16.6. The van der Waals surface area contributed by atoms with Gasteiger partial charge in [0, 0.05) is 44.2 Å². The highest BCUT2D eigenvalue weighted by Crippen LogP contribution is 2.18. The maximum atomic E-state index is 13.6. The maximum absolute atomic E-state index is 13.6.